The molecule has 0 saturated carbocycles. The molecule has 0 bridgehead atoms. The van der Waals surface area contributed by atoms with Gasteiger partial charge in [0, 0.05) is 12.7 Å². The summed E-state index contributed by atoms with van der Waals surface area (Å²) in [6, 6.07) is 6.31. The number of amides is 1. The predicted octanol–water partition coefficient (Wildman–Crippen LogP) is 1.41. The second-order valence-corrected chi connectivity index (χ2v) is 4.23. The predicted molar refractivity (Wildman–Crippen MR) is 71.3 cm³/mol. The van der Waals surface area contributed by atoms with E-state index in [0.717, 1.165) is 11.3 Å². The normalized spacial score (nSPS) is 10.1. The monoisotopic (exact) mass is 271 g/mol. The number of aromatic nitrogens is 2. The highest BCUT2D eigenvalue weighted by Crippen LogP contribution is 2.04. The molecule has 0 aliphatic carbocycles. The van der Waals surface area contributed by atoms with Crippen LogP contribution < -0.4 is 5.32 Å². The Morgan fingerprint density at radius 3 is 2.40 bits per heavy atom. The van der Waals surface area contributed by atoms with Crippen molar-refractivity contribution in [1.29, 1.82) is 0 Å². The Labute approximate surface area is 115 Å². The summed E-state index contributed by atoms with van der Waals surface area (Å²) in [6.45, 7) is 2.09. The van der Waals surface area contributed by atoms with E-state index in [2.05, 4.69) is 15.3 Å². The van der Waals surface area contributed by atoms with Gasteiger partial charge in [0.1, 0.15) is 5.69 Å². The topological polar surface area (TPSA) is 92.2 Å². The molecular formula is C14H13N3O3. The van der Waals surface area contributed by atoms with E-state index in [9.17, 15) is 9.59 Å². The molecule has 20 heavy (non-hydrogen) atoms. The fraction of sp³-hybridized carbons (Fsp3) is 0.143. The lowest BCUT2D eigenvalue weighted by Crippen LogP contribution is -2.24. The third-order valence-electron chi connectivity index (χ3n) is 2.67. The molecule has 0 aliphatic rings. The first kappa shape index (κ1) is 13.7. The number of carbonyl (C=O) groups excluding carboxylic acids is 1. The molecule has 1 heterocycles. The Kier molecular flexibility index (Phi) is 4.05. The molecular weight excluding hydrogens is 258 g/mol. The number of carbonyl (C=O) groups is 2. The van der Waals surface area contributed by atoms with Crippen LogP contribution in [0, 0.1) is 6.92 Å². The fourth-order valence-corrected chi connectivity index (χ4v) is 1.55. The molecule has 0 atom stereocenters. The van der Waals surface area contributed by atoms with E-state index in [1.165, 1.54) is 24.5 Å². The minimum atomic E-state index is -0.976. The first-order chi connectivity index (χ1) is 9.56. The van der Waals surface area contributed by atoms with Gasteiger partial charge in [0.25, 0.3) is 5.91 Å². The van der Waals surface area contributed by atoms with Gasteiger partial charge in [0.05, 0.1) is 17.5 Å². The zero-order valence-corrected chi connectivity index (χ0v) is 10.8. The van der Waals surface area contributed by atoms with Gasteiger partial charge in [0.15, 0.2) is 0 Å². The minimum Gasteiger partial charge on any atom is -0.478 e. The number of aryl methyl sites for hydroxylation is 1. The lowest BCUT2D eigenvalue weighted by molar-refractivity contribution is 0.0696. The van der Waals surface area contributed by atoms with Gasteiger partial charge in [-0.1, -0.05) is 12.1 Å². The van der Waals surface area contributed by atoms with Gasteiger partial charge in [0.2, 0.25) is 0 Å². The summed E-state index contributed by atoms with van der Waals surface area (Å²) in [5.41, 5.74) is 2.01. The molecule has 102 valence electrons. The minimum absolute atomic E-state index is 0.212. The summed E-state index contributed by atoms with van der Waals surface area (Å²) in [5, 5.41) is 11.5. The first-order valence-corrected chi connectivity index (χ1v) is 5.95. The van der Waals surface area contributed by atoms with Gasteiger partial charge in [-0.15, -0.1) is 0 Å². The largest absolute Gasteiger partial charge is 0.478 e. The van der Waals surface area contributed by atoms with Crippen LogP contribution in [0.1, 0.15) is 32.1 Å². The molecule has 0 unspecified atom stereocenters. The number of nitrogens with one attached hydrogen (secondary N) is 1. The number of carboxylic acid groups (broad SMARTS) is 1. The molecule has 2 rings (SSSR count). The number of hydrogen-bond acceptors (Lipinski definition) is 4. The number of hydrogen-bond donors (Lipinski definition) is 2. The maximum Gasteiger partial charge on any atom is 0.335 e. The summed E-state index contributed by atoms with van der Waals surface area (Å²) >= 11 is 0. The Morgan fingerprint density at radius 1 is 1.15 bits per heavy atom. The Bertz CT molecular complexity index is 621. The standard InChI is InChI=1S/C14H13N3O3/c1-9-6-16-12(8-15-9)13(18)17-7-10-2-4-11(5-3-10)14(19)20/h2-6,8H,7H2,1H3,(H,17,18)(H,19,20). The summed E-state index contributed by atoms with van der Waals surface area (Å²) in [6.07, 6.45) is 2.94. The van der Waals surface area contributed by atoms with E-state index >= 15 is 0 Å². The van der Waals surface area contributed by atoms with Crippen molar-refractivity contribution in [3.8, 4) is 0 Å². The summed E-state index contributed by atoms with van der Waals surface area (Å²) in [7, 11) is 0. The second kappa shape index (κ2) is 5.92. The van der Waals surface area contributed by atoms with Gasteiger partial charge < -0.3 is 10.4 Å². The highest BCUT2D eigenvalue weighted by molar-refractivity contribution is 5.91. The van der Waals surface area contributed by atoms with Crippen LogP contribution in [-0.4, -0.2) is 27.0 Å². The van der Waals surface area contributed by atoms with Crippen molar-refractivity contribution in [2.75, 3.05) is 0 Å². The third-order valence-corrected chi connectivity index (χ3v) is 2.67. The van der Waals surface area contributed by atoms with E-state index < -0.39 is 5.97 Å². The smallest absolute Gasteiger partial charge is 0.335 e. The van der Waals surface area contributed by atoms with Crippen molar-refractivity contribution in [3.05, 3.63) is 59.2 Å². The molecule has 6 nitrogen and oxygen atoms in total. The van der Waals surface area contributed by atoms with Gasteiger partial charge in [-0.2, -0.15) is 0 Å². The summed E-state index contributed by atoms with van der Waals surface area (Å²) in [4.78, 5) is 30.5. The summed E-state index contributed by atoms with van der Waals surface area (Å²) in [5.74, 6) is -1.30. The quantitative estimate of drug-likeness (QED) is 0.877. The lowest BCUT2D eigenvalue weighted by atomic mass is 10.1. The second-order valence-electron chi connectivity index (χ2n) is 4.23. The van der Waals surface area contributed by atoms with E-state index in [4.69, 9.17) is 5.11 Å². The average Bonchev–Trinajstić information content (AvgIpc) is 2.46. The van der Waals surface area contributed by atoms with Crippen LogP contribution in [0.15, 0.2) is 36.7 Å². The van der Waals surface area contributed by atoms with Gasteiger partial charge in [-0.05, 0) is 24.6 Å². The molecule has 0 spiro atoms. The zero-order valence-electron chi connectivity index (χ0n) is 10.8. The molecule has 0 fully saturated rings. The molecule has 0 saturated heterocycles. The van der Waals surface area contributed by atoms with Crippen LogP contribution in [0.25, 0.3) is 0 Å². The maximum atomic E-state index is 11.8. The Morgan fingerprint density at radius 2 is 1.85 bits per heavy atom. The Hall–Kier alpha value is -2.76. The van der Waals surface area contributed by atoms with Crippen molar-refractivity contribution < 1.29 is 14.7 Å². The van der Waals surface area contributed by atoms with Gasteiger partial charge in [-0.3, -0.25) is 9.78 Å². The molecule has 6 heteroatoms. The number of carboxylic acids is 1. The van der Waals surface area contributed by atoms with Crippen molar-refractivity contribution in [1.82, 2.24) is 15.3 Å². The van der Waals surface area contributed by atoms with Crippen molar-refractivity contribution in [3.63, 3.8) is 0 Å². The van der Waals surface area contributed by atoms with Crippen LogP contribution in [-0.2, 0) is 6.54 Å². The van der Waals surface area contributed by atoms with E-state index in [-0.39, 0.29) is 17.2 Å². The van der Waals surface area contributed by atoms with Crippen LogP contribution in [0.5, 0.6) is 0 Å². The zero-order chi connectivity index (χ0) is 14.5. The molecule has 2 aromatic rings. The fourth-order valence-electron chi connectivity index (χ4n) is 1.55. The van der Waals surface area contributed by atoms with Crippen molar-refractivity contribution in [2.24, 2.45) is 0 Å². The van der Waals surface area contributed by atoms with Crippen LogP contribution in [0.4, 0.5) is 0 Å². The number of nitrogens with zero attached hydrogens (tertiary/aromatic N) is 2. The SMILES string of the molecule is Cc1cnc(C(=O)NCc2ccc(C(=O)O)cc2)cn1. The third kappa shape index (κ3) is 3.38. The van der Waals surface area contributed by atoms with Crippen LogP contribution >= 0.6 is 0 Å². The highest BCUT2D eigenvalue weighted by atomic mass is 16.4. The van der Waals surface area contributed by atoms with Gasteiger partial charge in [-0.25, -0.2) is 9.78 Å². The molecule has 1 aromatic heterocycles. The molecule has 0 radical (unpaired) electrons. The molecule has 2 N–H and O–H groups in total. The molecule has 0 aliphatic heterocycles. The first-order valence-electron chi connectivity index (χ1n) is 5.95. The molecule has 1 aromatic carbocycles. The van der Waals surface area contributed by atoms with Gasteiger partial charge >= 0.3 is 5.97 Å². The number of aromatic carboxylic acids is 1. The number of benzene rings is 1. The number of rotatable bonds is 4. The lowest BCUT2D eigenvalue weighted by Gasteiger charge is -2.05. The average molecular weight is 271 g/mol. The maximum absolute atomic E-state index is 11.8. The Balaban J connectivity index is 1.96. The van der Waals surface area contributed by atoms with E-state index in [0.29, 0.717) is 6.54 Å². The van der Waals surface area contributed by atoms with E-state index in [1.807, 2.05) is 0 Å². The van der Waals surface area contributed by atoms with E-state index in [1.54, 1.807) is 19.1 Å². The highest BCUT2D eigenvalue weighted by Gasteiger charge is 2.07. The van der Waals surface area contributed by atoms with Crippen molar-refractivity contribution >= 4 is 11.9 Å². The molecule has 1 amide bonds. The summed E-state index contributed by atoms with van der Waals surface area (Å²) < 4.78 is 0. The van der Waals surface area contributed by atoms with Crippen LogP contribution in [0.2, 0.25) is 0 Å². The van der Waals surface area contributed by atoms with Crippen molar-refractivity contribution in [2.45, 2.75) is 13.5 Å². The van der Waals surface area contributed by atoms with Crippen LogP contribution in [0.3, 0.4) is 0 Å².